The molecule has 2 unspecified atom stereocenters. The van der Waals surface area contributed by atoms with Crippen molar-refractivity contribution in [3.05, 3.63) is 28.7 Å². The van der Waals surface area contributed by atoms with Crippen molar-refractivity contribution in [2.45, 2.75) is 38.6 Å². The lowest BCUT2D eigenvalue weighted by Crippen LogP contribution is -2.44. The summed E-state index contributed by atoms with van der Waals surface area (Å²) in [6.07, 6.45) is 4.84. The summed E-state index contributed by atoms with van der Waals surface area (Å²) in [6.45, 7) is 2.35. The number of ether oxygens (including phenoxy) is 1. The smallest absolute Gasteiger partial charge is 0.260 e. The van der Waals surface area contributed by atoms with E-state index in [0.29, 0.717) is 12.0 Å². The Kier molecular flexibility index (Phi) is 5.46. The van der Waals surface area contributed by atoms with E-state index in [1.165, 1.54) is 19.3 Å². The van der Waals surface area contributed by atoms with Gasteiger partial charge in [0.15, 0.2) is 6.61 Å². The van der Waals surface area contributed by atoms with Crippen molar-refractivity contribution < 1.29 is 9.53 Å². The zero-order valence-electron chi connectivity index (χ0n) is 12.1. The molecule has 4 heteroatoms. The average molecular weight is 340 g/mol. The van der Waals surface area contributed by atoms with Crippen molar-refractivity contribution in [2.24, 2.45) is 5.92 Å². The molecule has 0 saturated heterocycles. The van der Waals surface area contributed by atoms with Crippen LogP contribution in [0.25, 0.3) is 0 Å². The van der Waals surface area contributed by atoms with Gasteiger partial charge in [-0.3, -0.25) is 4.79 Å². The molecule has 1 fully saturated rings. The van der Waals surface area contributed by atoms with Gasteiger partial charge in [-0.25, -0.2) is 0 Å². The van der Waals surface area contributed by atoms with Crippen LogP contribution in [0.2, 0.25) is 0 Å². The van der Waals surface area contributed by atoms with Crippen LogP contribution in [0.5, 0.6) is 5.75 Å². The SMILES string of the molecule is CC1CCCCC1N(C)C(=O)COc1ccc(Br)cc1. The molecule has 0 heterocycles. The minimum Gasteiger partial charge on any atom is -0.484 e. The Balaban J connectivity index is 1.86. The number of likely N-dealkylation sites (N-methyl/N-ethyl adjacent to an activating group) is 1. The normalized spacial score (nSPS) is 22.4. The second-order valence-electron chi connectivity index (χ2n) is 5.58. The van der Waals surface area contributed by atoms with E-state index in [9.17, 15) is 4.79 Å². The predicted octanol–water partition coefficient (Wildman–Crippen LogP) is 3.87. The van der Waals surface area contributed by atoms with Crippen LogP contribution in [-0.4, -0.2) is 30.5 Å². The summed E-state index contributed by atoms with van der Waals surface area (Å²) >= 11 is 3.38. The zero-order chi connectivity index (χ0) is 14.5. The highest BCUT2D eigenvalue weighted by atomic mass is 79.9. The number of carbonyl (C=O) groups excluding carboxylic acids is 1. The van der Waals surface area contributed by atoms with Gasteiger partial charge >= 0.3 is 0 Å². The zero-order valence-corrected chi connectivity index (χ0v) is 13.7. The van der Waals surface area contributed by atoms with Crippen LogP contribution in [0, 0.1) is 5.92 Å². The number of rotatable bonds is 4. The highest BCUT2D eigenvalue weighted by Gasteiger charge is 2.27. The number of carbonyl (C=O) groups is 1. The third-order valence-corrected chi connectivity index (χ3v) is 4.66. The predicted molar refractivity (Wildman–Crippen MR) is 83.8 cm³/mol. The van der Waals surface area contributed by atoms with E-state index >= 15 is 0 Å². The van der Waals surface area contributed by atoms with Gasteiger partial charge < -0.3 is 9.64 Å². The van der Waals surface area contributed by atoms with E-state index in [1.54, 1.807) is 0 Å². The molecule has 1 saturated carbocycles. The molecule has 3 nitrogen and oxygen atoms in total. The van der Waals surface area contributed by atoms with Crippen LogP contribution in [-0.2, 0) is 4.79 Å². The first kappa shape index (κ1) is 15.4. The summed E-state index contributed by atoms with van der Waals surface area (Å²) in [4.78, 5) is 14.1. The Labute approximate surface area is 129 Å². The molecule has 110 valence electrons. The summed E-state index contributed by atoms with van der Waals surface area (Å²) < 4.78 is 6.56. The Morgan fingerprint density at radius 3 is 2.60 bits per heavy atom. The van der Waals surface area contributed by atoms with E-state index in [-0.39, 0.29) is 12.5 Å². The summed E-state index contributed by atoms with van der Waals surface area (Å²) in [6, 6.07) is 7.91. The topological polar surface area (TPSA) is 29.5 Å². The molecule has 0 bridgehead atoms. The van der Waals surface area contributed by atoms with Crippen molar-refractivity contribution >= 4 is 21.8 Å². The molecule has 0 N–H and O–H groups in total. The minimum absolute atomic E-state index is 0.0617. The maximum absolute atomic E-state index is 12.2. The van der Waals surface area contributed by atoms with Crippen LogP contribution in [0.3, 0.4) is 0 Å². The van der Waals surface area contributed by atoms with Gasteiger partial charge in [0.2, 0.25) is 0 Å². The van der Waals surface area contributed by atoms with Gasteiger partial charge in [0.25, 0.3) is 5.91 Å². The first-order valence-electron chi connectivity index (χ1n) is 7.22. The summed E-state index contributed by atoms with van der Waals surface area (Å²) in [7, 11) is 1.90. The Morgan fingerprint density at radius 1 is 1.30 bits per heavy atom. The van der Waals surface area contributed by atoms with Crippen molar-refractivity contribution in [2.75, 3.05) is 13.7 Å². The largest absolute Gasteiger partial charge is 0.484 e. The minimum atomic E-state index is 0.0617. The molecule has 0 aliphatic heterocycles. The van der Waals surface area contributed by atoms with Gasteiger partial charge in [-0.1, -0.05) is 35.7 Å². The highest BCUT2D eigenvalue weighted by molar-refractivity contribution is 9.10. The van der Waals surface area contributed by atoms with Gasteiger partial charge in [0.05, 0.1) is 0 Å². The van der Waals surface area contributed by atoms with Gasteiger partial charge in [-0.05, 0) is 43.0 Å². The third kappa shape index (κ3) is 3.98. The highest BCUT2D eigenvalue weighted by Crippen LogP contribution is 2.27. The lowest BCUT2D eigenvalue weighted by Gasteiger charge is -2.36. The third-order valence-electron chi connectivity index (χ3n) is 4.13. The quantitative estimate of drug-likeness (QED) is 0.833. The van der Waals surface area contributed by atoms with Crippen LogP contribution in [0.15, 0.2) is 28.7 Å². The van der Waals surface area contributed by atoms with Gasteiger partial charge in [-0.15, -0.1) is 0 Å². The molecule has 1 aromatic carbocycles. The summed E-state index contributed by atoms with van der Waals surface area (Å²) in [5.41, 5.74) is 0. The van der Waals surface area contributed by atoms with Crippen LogP contribution in [0.4, 0.5) is 0 Å². The second kappa shape index (κ2) is 7.11. The number of halogens is 1. The molecule has 1 aromatic rings. The Morgan fingerprint density at radius 2 is 1.95 bits per heavy atom. The average Bonchev–Trinajstić information content (AvgIpc) is 2.46. The Hall–Kier alpha value is -1.03. The lowest BCUT2D eigenvalue weighted by atomic mass is 9.85. The summed E-state index contributed by atoms with van der Waals surface area (Å²) in [5.74, 6) is 1.38. The van der Waals surface area contributed by atoms with Crippen molar-refractivity contribution in [1.29, 1.82) is 0 Å². The van der Waals surface area contributed by atoms with Crippen molar-refractivity contribution in [1.82, 2.24) is 4.90 Å². The monoisotopic (exact) mass is 339 g/mol. The van der Waals surface area contributed by atoms with E-state index < -0.39 is 0 Å². The maximum atomic E-state index is 12.2. The first-order chi connectivity index (χ1) is 9.58. The molecule has 0 aromatic heterocycles. The van der Waals surface area contributed by atoms with Crippen LogP contribution >= 0.6 is 15.9 Å². The molecule has 0 spiro atoms. The van der Waals surface area contributed by atoms with E-state index in [4.69, 9.17) is 4.74 Å². The molecule has 20 heavy (non-hydrogen) atoms. The van der Waals surface area contributed by atoms with Crippen molar-refractivity contribution in [3.63, 3.8) is 0 Å². The van der Waals surface area contributed by atoms with Gasteiger partial charge in [0.1, 0.15) is 5.75 Å². The molecular weight excluding hydrogens is 318 g/mol. The number of nitrogens with zero attached hydrogens (tertiary/aromatic N) is 1. The number of hydrogen-bond acceptors (Lipinski definition) is 2. The van der Waals surface area contributed by atoms with Crippen molar-refractivity contribution in [3.8, 4) is 5.75 Å². The van der Waals surface area contributed by atoms with E-state index in [2.05, 4.69) is 22.9 Å². The second-order valence-corrected chi connectivity index (χ2v) is 6.49. The van der Waals surface area contributed by atoms with E-state index in [1.807, 2.05) is 36.2 Å². The Bertz CT molecular complexity index is 446. The fourth-order valence-electron chi connectivity index (χ4n) is 2.83. The maximum Gasteiger partial charge on any atom is 0.260 e. The fraction of sp³-hybridized carbons (Fsp3) is 0.562. The molecule has 1 aliphatic carbocycles. The molecule has 0 radical (unpaired) electrons. The molecule has 1 amide bonds. The molecule has 2 rings (SSSR count). The number of amides is 1. The molecule has 1 aliphatic rings. The fourth-order valence-corrected chi connectivity index (χ4v) is 3.10. The first-order valence-corrected chi connectivity index (χ1v) is 8.01. The number of hydrogen-bond donors (Lipinski definition) is 0. The lowest BCUT2D eigenvalue weighted by molar-refractivity contribution is -0.135. The summed E-state index contributed by atoms with van der Waals surface area (Å²) in [5, 5.41) is 0. The standard InChI is InChI=1S/C16H22BrNO2/c1-12-5-3-4-6-15(12)18(2)16(19)11-20-14-9-7-13(17)8-10-14/h7-10,12,15H,3-6,11H2,1-2H3. The van der Waals surface area contributed by atoms with Crippen LogP contribution in [0.1, 0.15) is 32.6 Å². The van der Waals surface area contributed by atoms with Gasteiger partial charge in [-0.2, -0.15) is 0 Å². The van der Waals surface area contributed by atoms with Gasteiger partial charge in [0, 0.05) is 17.6 Å². The van der Waals surface area contributed by atoms with Crippen LogP contribution < -0.4 is 4.74 Å². The van der Waals surface area contributed by atoms with E-state index in [0.717, 1.165) is 16.6 Å². The molecular formula is C16H22BrNO2. The number of benzene rings is 1. The molecule has 2 atom stereocenters.